The van der Waals surface area contributed by atoms with Gasteiger partial charge in [0.1, 0.15) is 5.02 Å². The van der Waals surface area contributed by atoms with E-state index < -0.39 is 57.6 Å². The Balaban J connectivity index is 2.30. The topological polar surface area (TPSA) is 46.9 Å². The lowest BCUT2D eigenvalue weighted by Crippen LogP contribution is -2.28. The Bertz CT molecular complexity index is 1280. The lowest BCUT2D eigenvalue weighted by Gasteiger charge is -2.20. The van der Waals surface area contributed by atoms with E-state index >= 15 is 0 Å². The Morgan fingerprint density at radius 3 is 1.88 bits per heavy atom. The fraction of sp³-hybridized carbons (Fsp3) is 0.158. The maximum absolute atomic E-state index is 13.5. The van der Waals surface area contributed by atoms with E-state index in [4.69, 9.17) is 23.2 Å². The summed E-state index contributed by atoms with van der Waals surface area (Å²) in [6, 6.07) is 5.12. The predicted octanol–water partition coefficient (Wildman–Crippen LogP) is 7.34. The molecule has 0 aliphatic heterocycles. The minimum atomic E-state index is -5.35. The molecule has 34 heavy (non-hydrogen) atoms. The van der Waals surface area contributed by atoms with Crippen LogP contribution in [0.2, 0.25) is 10.0 Å². The second-order valence-corrected chi connectivity index (χ2v) is 7.41. The number of nitrogens with zero attached hydrogens (tertiary/aromatic N) is 2. The zero-order chi connectivity index (χ0) is 25.6. The molecule has 0 aliphatic rings. The summed E-state index contributed by atoms with van der Waals surface area (Å²) in [6.07, 6.45) is -15.8. The van der Waals surface area contributed by atoms with Gasteiger partial charge in [-0.2, -0.15) is 39.5 Å². The van der Waals surface area contributed by atoms with Gasteiger partial charge in [-0.3, -0.25) is 4.79 Å². The van der Waals surface area contributed by atoms with Gasteiger partial charge >= 0.3 is 18.5 Å². The SMILES string of the molecule is O=c1c(Cl)c(C(F)(F)F)nc(Nc2ccc(C(F)(F)F)cc2C(F)(F)F)n1-c1ccc(Cl)cc1. The fourth-order valence-electron chi connectivity index (χ4n) is 2.79. The van der Waals surface area contributed by atoms with Gasteiger partial charge in [0.2, 0.25) is 5.95 Å². The van der Waals surface area contributed by atoms with Crippen LogP contribution >= 0.6 is 23.2 Å². The number of anilines is 2. The van der Waals surface area contributed by atoms with Crippen LogP contribution in [0.5, 0.6) is 0 Å². The summed E-state index contributed by atoms with van der Waals surface area (Å²) >= 11 is 11.3. The smallest absolute Gasteiger partial charge is 0.325 e. The normalized spacial score (nSPS) is 12.7. The first-order valence-corrected chi connectivity index (χ1v) is 9.47. The predicted molar refractivity (Wildman–Crippen MR) is 105 cm³/mol. The lowest BCUT2D eigenvalue weighted by molar-refractivity contribution is -0.143. The van der Waals surface area contributed by atoms with E-state index in [1.165, 1.54) is 12.1 Å². The first-order valence-electron chi connectivity index (χ1n) is 8.71. The van der Waals surface area contributed by atoms with Crippen LogP contribution in [0.3, 0.4) is 0 Å². The van der Waals surface area contributed by atoms with E-state index in [1.807, 2.05) is 5.32 Å². The largest absolute Gasteiger partial charge is 0.435 e. The molecule has 0 bridgehead atoms. The average Bonchev–Trinajstić information content (AvgIpc) is 2.69. The van der Waals surface area contributed by atoms with E-state index in [0.29, 0.717) is 10.6 Å². The van der Waals surface area contributed by atoms with E-state index in [1.54, 1.807) is 0 Å². The Labute approximate surface area is 193 Å². The van der Waals surface area contributed by atoms with Gasteiger partial charge in [-0.25, -0.2) is 9.55 Å². The summed E-state index contributed by atoms with van der Waals surface area (Å²) in [5.74, 6) is -1.09. The van der Waals surface area contributed by atoms with Crippen LogP contribution in [0.1, 0.15) is 16.8 Å². The maximum Gasteiger partial charge on any atom is 0.435 e. The number of hydrogen-bond acceptors (Lipinski definition) is 3. The molecule has 182 valence electrons. The standard InChI is InChI=1S/C19H8Cl2F9N3O/c20-9-2-4-10(5-3-9)33-15(34)13(21)14(19(28,29)30)32-16(33)31-12-6-1-8(17(22,23)24)7-11(12)18(25,26)27/h1-7H,(H,31,32). The van der Waals surface area contributed by atoms with Gasteiger partial charge in [0.15, 0.2) is 5.69 Å². The van der Waals surface area contributed by atoms with Crippen molar-refractivity contribution in [3.05, 3.63) is 79.7 Å². The van der Waals surface area contributed by atoms with Crippen molar-refractivity contribution in [2.45, 2.75) is 18.5 Å². The van der Waals surface area contributed by atoms with Gasteiger partial charge in [-0.1, -0.05) is 23.2 Å². The van der Waals surface area contributed by atoms with Crippen LogP contribution in [0.25, 0.3) is 5.69 Å². The second-order valence-electron chi connectivity index (χ2n) is 6.59. The fourth-order valence-corrected chi connectivity index (χ4v) is 3.15. The quantitative estimate of drug-likeness (QED) is 0.357. The molecule has 1 aromatic heterocycles. The summed E-state index contributed by atoms with van der Waals surface area (Å²) in [5.41, 5.74) is -8.21. The van der Waals surface area contributed by atoms with Gasteiger partial charge in [0, 0.05) is 5.02 Å². The van der Waals surface area contributed by atoms with Crippen molar-refractivity contribution in [3.63, 3.8) is 0 Å². The Hall–Kier alpha value is -2.93. The Morgan fingerprint density at radius 2 is 1.38 bits per heavy atom. The van der Waals surface area contributed by atoms with Gasteiger partial charge in [0.05, 0.1) is 22.5 Å². The molecule has 0 aliphatic carbocycles. The lowest BCUT2D eigenvalue weighted by atomic mass is 10.1. The van der Waals surface area contributed by atoms with Gasteiger partial charge < -0.3 is 5.32 Å². The molecule has 3 aromatic rings. The molecule has 0 saturated heterocycles. The van der Waals surface area contributed by atoms with Crippen LogP contribution in [0, 0.1) is 0 Å². The summed E-state index contributed by atoms with van der Waals surface area (Å²) in [7, 11) is 0. The third-order valence-corrected chi connectivity index (χ3v) is 4.87. The van der Waals surface area contributed by atoms with Gasteiger partial charge in [0.25, 0.3) is 5.56 Å². The van der Waals surface area contributed by atoms with Crippen molar-refractivity contribution in [2.24, 2.45) is 0 Å². The molecule has 1 heterocycles. The minimum Gasteiger partial charge on any atom is -0.325 e. The molecule has 0 radical (unpaired) electrons. The highest BCUT2D eigenvalue weighted by molar-refractivity contribution is 6.31. The van der Waals surface area contributed by atoms with Crippen LogP contribution in [0.15, 0.2) is 47.3 Å². The molecule has 0 atom stereocenters. The molecular formula is C19H8Cl2F9N3O. The van der Waals surface area contributed by atoms with Crippen LogP contribution in [-0.4, -0.2) is 9.55 Å². The first kappa shape index (κ1) is 25.7. The Morgan fingerprint density at radius 1 is 0.794 bits per heavy atom. The zero-order valence-corrected chi connectivity index (χ0v) is 17.5. The molecule has 4 nitrogen and oxygen atoms in total. The number of hydrogen-bond donors (Lipinski definition) is 1. The summed E-state index contributed by atoms with van der Waals surface area (Å²) in [4.78, 5) is 15.8. The molecule has 15 heteroatoms. The minimum absolute atomic E-state index is 0.152. The van der Waals surface area contributed by atoms with E-state index in [2.05, 4.69) is 4.98 Å². The highest BCUT2D eigenvalue weighted by Gasteiger charge is 2.40. The van der Waals surface area contributed by atoms with Crippen molar-refractivity contribution >= 4 is 34.8 Å². The number of nitrogens with one attached hydrogen (secondary N) is 1. The third-order valence-electron chi connectivity index (χ3n) is 4.28. The van der Waals surface area contributed by atoms with E-state index in [9.17, 15) is 44.3 Å². The zero-order valence-electron chi connectivity index (χ0n) is 16.0. The van der Waals surface area contributed by atoms with Gasteiger partial charge in [-0.05, 0) is 42.5 Å². The number of halogens is 11. The second kappa shape index (κ2) is 8.69. The molecule has 0 spiro atoms. The molecular weight excluding hydrogens is 528 g/mol. The number of rotatable bonds is 3. The molecule has 0 unspecified atom stereocenters. The summed E-state index contributed by atoms with van der Waals surface area (Å²) in [5, 5.41) is 0.667. The van der Waals surface area contributed by atoms with Crippen LogP contribution in [-0.2, 0) is 18.5 Å². The number of aromatic nitrogens is 2. The molecule has 1 N–H and O–H groups in total. The summed E-state index contributed by atoms with van der Waals surface area (Å²) in [6.45, 7) is 0. The average molecular weight is 536 g/mol. The summed E-state index contributed by atoms with van der Waals surface area (Å²) < 4.78 is 120. The van der Waals surface area contributed by atoms with Crippen LogP contribution < -0.4 is 10.9 Å². The van der Waals surface area contributed by atoms with Crippen molar-refractivity contribution in [1.29, 1.82) is 0 Å². The Kier molecular flexibility index (Phi) is 6.57. The monoisotopic (exact) mass is 535 g/mol. The molecule has 2 aromatic carbocycles. The van der Waals surface area contributed by atoms with E-state index in [-0.39, 0.29) is 22.8 Å². The van der Waals surface area contributed by atoms with Crippen LogP contribution in [0.4, 0.5) is 51.1 Å². The third kappa shape index (κ3) is 5.25. The number of alkyl halides is 9. The molecule has 0 fully saturated rings. The highest BCUT2D eigenvalue weighted by Crippen LogP contribution is 2.41. The molecule has 0 amide bonds. The van der Waals surface area contributed by atoms with Crippen molar-refractivity contribution in [1.82, 2.24) is 9.55 Å². The molecule has 0 saturated carbocycles. The molecule has 3 rings (SSSR count). The van der Waals surface area contributed by atoms with Crippen molar-refractivity contribution in [3.8, 4) is 5.69 Å². The van der Waals surface area contributed by atoms with Gasteiger partial charge in [-0.15, -0.1) is 0 Å². The van der Waals surface area contributed by atoms with E-state index in [0.717, 1.165) is 12.1 Å². The maximum atomic E-state index is 13.5. The van der Waals surface area contributed by atoms with Crippen molar-refractivity contribution in [2.75, 3.05) is 5.32 Å². The highest BCUT2D eigenvalue weighted by atomic mass is 35.5. The number of benzene rings is 2. The first-order chi connectivity index (χ1) is 15.5. The van der Waals surface area contributed by atoms with Crippen molar-refractivity contribution < 1.29 is 39.5 Å².